The van der Waals surface area contributed by atoms with Crippen LogP contribution in [0.15, 0.2) is 36.4 Å². The number of hydrogen-bond donors (Lipinski definition) is 2. The summed E-state index contributed by atoms with van der Waals surface area (Å²) in [5.41, 5.74) is 12.8. The van der Waals surface area contributed by atoms with Crippen molar-refractivity contribution in [1.82, 2.24) is 0 Å². The molecule has 0 heterocycles. The highest BCUT2D eigenvalue weighted by atomic mass is 127. The fourth-order valence-corrected chi connectivity index (χ4v) is 2.62. The third-order valence-corrected chi connectivity index (χ3v) is 3.82. The Morgan fingerprint density at radius 3 is 1.53 bits per heavy atom. The van der Waals surface area contributed by atoms with Gasteiger partial charge >= 0.3 is 0 Å². The van der Waals surface area contributed by atoms with Crippen LogP contribution < -0.4 is 16.2 Å². The van der Waals surface area contributed by atoms with Gasteiger partial charge in [0.2, 0.25) is 0 Å². The monoisotopic (exact) mass is 452 g/mol. The van der Waals surface area contributed by atoms with Gasteiger partial charge in [-0.05, 0) is 81.6 Å². The number of benzene rings is 2. The Hall–Kier alpha value is -0.700. The molecule has 17 heavy (non-hydrogen) atoms. The molecular formula is C12H10I2N2O. The van der Waals surface area contributed by atoms with Gasteiger partial charge in [0.25, 0.3) is 0 Å². The van der Waals surface area contributed by atoms with Gasteiger partial charge in [0.05, 0.1) is 7.14 Å². The van der Waals surface area contributed by atoms with Crippen molar-refractivity contribution in [1.29, 1.82) is 0 Å². The summed E-state index contributed by atoms with van der Waals surface area (Å²) in [7, 11) is 0. The predicted octanol–water partition coefficient (Wildman–Crippen LogP) is 3.85. The van der Waals surface area contributed by atoms with Crippen LogP contribution in [0.2, 0.25) is 0 Å². The van der Waals surface area contributed by atoms with Crippen LogP contribution in [0, 0.1) is 7.14 Å². The largest absolute Gasteiger partial charge is 0.455 e. The Morgan fingerprint density at radius 2 is 1.18 bits per heavy atom. The first-order chi connectivity index (χ1) is 8.06. The molecule has 0 aromatic heterocycles. The van der Waals surface area contributed by atoms with Crippen molar-refractivity contribution < 1.29 is 4.74 Å². The van der Waals surface area contributed by atoms with Gasteiger partial charge in [0.15, 0.2) is 0 Å². The Morgan fingerprint density at radius 1 is 0.765 bits per heavy atom. The van der Waals surface area contributed by atoms with E-state index < -0.39 is 0 Å². The van der Waals surface area contributed by atoms with E-state index in [0.29, 0.717) is 0 Å². The van der Waals surface area contributed by atoms with E-state index in [0.717, 1.165) is 30.0 Å². The molecule has 88 valence electrons. The Labute approximate surface area is 127 Å². The van der Waals surface area contributed by atoms with Crippen LogP contribution >= 0.6 is 45.2 Å². The molecule has 0 unspecified atom stereocenters. The fourth-order valence-electron chi connectivity index (χ4n) is 1.32. The molecule has 0 saturated heterocycles. The first-order valence-corrected chi connectivity index (χ1v) is 7.00. The fraction of sp³-hybridized carbons (Fsp3) is 0. The van der Waals surface area contributed by atoms with Crippen LogP contribution in [-0.2, 0) is 0 Å². The van der Waals surface area contributed by atoms with E-state index in [-0.39, 0.29) is 0 Å². The second kappa shape index (κ2) is 5.30. The van der Waals surface area contributed by atoms with Crippen LogP contribution in [0.25, 0.3) is 0 Å². The first-order valence-electron chi connectivity index (χ1n) is 4.84. The molecule has 4 N–H and O–H groups in total. The summed E-state index contributed by atoms with van der Waals surface area (Å²) in [5.74, 6) is 1.59. The van der Waals surface area contributed by atoms with Crippen molar-refractivity contribution >= 4 is 56.6 Å². The number of nitrogen functional groups attached to an aromatic ring is 2. The third kappa shape index (κ3) is 3.15. The van der Waals surface area contributed by atoms with Gasteiger partial charge in [-0.1, -0.05) is 0 Å². The van der Waals surface area contributed by atoms with Crippen molar-refractivity contribution in [3.8, 4) is 11.5 Å². The van der Waals surface area contributed by atoms with Gasteiger partial charge in [-0.25, -0.2) is 0 Å². The number of nitrogens with two attached hydrogens (primary N) is 2. The summed E-state index contributed by atoms with van der Waals surface area (Å²) in [5, 5.41) is 0. The Kier molecular flexibility index (Phi) is 3.97. The summed E-state index contributed by atoms with van der Waals surface area (Å²) in [6.45, 7) is 0. The Bertz CT molecular complexity index is 509. The van der Waals surface area contributed by atoms with E-state index >= 15 is 0 Å². The number of hydrogen-bond acceptors (Lipinski definition) is 3. The zero-order chi connectivity index (χ0) is 12.4. The van der Waals surface area contributed by atoms with Crippen molar-refractivity contribution in [2.45, 2.75) is 0 Å². The van der Waals surface area contributed by atoms with Gasteiger partial charge in [-0.2, -0.15) is 0 Å². The molecule has 5 heteroatoms. The van der Waals surface area contributed by atoms with Gasteiger partial charge in [-0.3, -0.25) is 0 Å². The summed E-state index contributed by atoms with van der Waals surface area (Å²) >= 11 is 4.40. The van der Waals surface area contributed by atoms with Crippen LogP contribution in [-0.4, -0.2) is 0 Å². The van der Waals surface area contributed by atoms with Crippen molar-refractivity contribution in [2.75, 3.05) is 11.5 Å². The minimum absolute atomic E-state index is 0.730. The quantitative estimate of drug-likeness (QED) is 0.538. The molecule has 0 aliphatic heterocycles. The van der Waals surface area contributed by atoms with Gasteiger partial charge in [0.1, 0.15) is 11.5 Å². The standard InChI is InChI=1S/C12H10I2N2O/c13-9-5-7(15)1-3-11(9)17-12-4-2-8(16)6-10(12)14/h1-6H,15-16H2. The zero-order valence-corrected chi connectivity index (χ0v) is 13.1. The van der Waals surface area contributed by atoms with E-state index in [2.05, 4.69) is 45.2 Å². The van der Waals surface area contributed by atoms with Crippen LogP contribution in [0.3, 0.4) is 0 Å². The molecule has 3 nitrogen and oxygen atoms in total. The molecule has 0 radical (unpaired) electrons. The lowest BCUT2D eigenvalue weighted by atomic mass is 10.3. The number of ether oxygens (including phenoxy) is 1. The van der Waals surface area contributed by atoms with Gasteiger partial charge in [0, 0.05) is 11.4 Å². The molecule has 0 atom stereocenters. The lowest BCUT2D eigenvalue weighted by Crippen LogP contribution is -1.93. The lowest BCUT2D eigenvalue weighted by Gasteiger charge is -2.10. The molecule has 2 aromatic rings. The first kappa shape index (κ1) is 12.7. The summed E-state index contributed by atoms with van der Waals surface area (Å²) < 4.78 is 7.79. The number of halogens is 2. The van der Waals surface area contributed by atoms with Gasteiger partial charge in [-0.15, -0.1) is 0 Å². The van der Waals surface area contributed by atoms with E-state index in [1.54, 1.807) is 0 Å². The van der Waals surface area contributed by atoms with Gasteiger partial charge < -0.3 is 16.2 Å². The molecular weight excluding hydrogens is 442 g/mol. The second-order valence-corrected chi connectivity index (χ2v) is 5.81. The third-order valence-electron chi connectivity index (χ3n) is 2.13. The molecule has 2 rings (SSSR count). The molecule has 2 aromatic carbocycles. The second-order valence-electron chi connectivity index (χ2n) is 3.48. The highest BCUT2D eigenvalue weighted by Crippen LogP contribution is 2.31. The summed E-state index contributed by atoms with van der Waals surface area (Å²) in [4.78, 5) is 0. The van der Waals surface area contributed by atoms with E-state index in [4.69, 9.17) is 16.2 Å². The number of anilines is 2. The predicted molar refractivity (Wildman–Crippen MR) is 87.2 cm³/mol. The maximum atomic E-state index is 5.82. The maximum absolute atomic E-state index is 5.82. The SMILES string of the molecule is Nc1ccc(Oc2ccc(N)cc2I)c(I)c1. The highest BCUT2D eigenvalue weighted by molar-refractivity contribution is 14.1. The smallest absolute Gasteiger partial charge is 0.140 e. The van der Waals surface area contributed by atoms with Crippen LogP contribution in [0.1, 0.15) is 0 Å². The average Bonchev–Trinajstić information content (AvgIpc) is 2.25. The van der Waals surface area contributed by atoms with E-state index in [1.807, 2.05) is 36.4 Å². The molecule has 0 saturated carbocycles. The average molecular weight is 452 g/mol. The minimum atomic E-state index is 0.730. The van der Waals surface area contributed by atoms with E-state index in [1.165, 1.54) is 0 Å². The number of rotatable bonds is 2. The molecule has 0 spiro atoms. The lowest BCUT2D eigenvalue weighted by molar-refractivity contribution is 0.476. The maximum Gasteiger partial charge on any atom is 0.140 e. The topological polar surface area (TPSA) is 61.3 Å². The van der Waals surface area contributed by atoms with Crippen molar-refractivity contribution in [2.24, 2.45) is 0 Å². The highest BCUT2D eigenvalue weighted by Gasteiger charge is 2.06. The van der Waals surface area contributed by atoms with Crippen molar-refractivity contribution in [3.63, 3.8) is 0 Å². The zero-order valence-electron chi connectivity index (χ0n) is 8.78. The molecule has 0 amide bonds. The van der Waals surface area contributed by atoms with Crippen LogP contribution in [0.5, 0.6) is 11.5 Å². The molecule has 0 aliphatic rings. The van der Waals surface area contributed by atoms with Crippen LogP contribution in [0.4, 0.5) is 11.4 Å². The molecule has 0 bridgehead atoms. The summed E-state index contributed by atoms with van der Waals surface area (Å²) in [6, 6.07) is 11.1. The minimum Gasteiger partial charge on any atom is -0.455 e. The van der Waals surface area contributed by atoms with E-state index in [9.17, 15) is 0 Å². The Balaban J connectivity index is 2.31. The molecule has 0 fully saturated rings. The summed E-state index contributed by atoms with van der Waals surface area (Å²) in [6.07, 6.45) is 0. The normalized spacial score (nSPS) is 10.2. The molecule has 0 aliphatic carbocycles. The van der Waals surface area contributed by atoms with Crippen molar-refractivity contribution in [3.05, 3.63) is 43.5 Å².